The van der Waals surface area contributed by atoms with Crippen molar-refractivity contribution in [3.63, 3.8) is 0 Å². The number of anilines is 1. The molecule has 2 aliphatic rings. The third-order valence-corrected chi connectivity index (χ3v) is 4.86. The van der Waals surface area contributed by atoms with Crippen LogP contribution in [0.5, 0.6) is 0 Å². The number of nitrogens with zero attached hydrogens (tertiary/aromatic N) is 3. The predicted molar refractivity (Wildman–Crippen MR) is 85.2 cm³/mol. The van der Waals surface area contributed by atoms with Crippen molar-refractivity contribution in [2.45, 2.75) is 57.8 Å². The summed E-state index contributed by atoms with van der Waals surface area (Å²) in [6, 6.07) is 0. The molecule has 3 rings (SSSR count). The van der Waals surface area contributed by atoms with Gasteiger partial charge in [0.25, 0.3) is 0 Å². The molecular formula is C15H24BN3O3. The fraction of sp³-hybridized carbons (Fsp3) is 0.733. The van der Waals surface area contributed by atoms with Crippen LogP contribution >= 0.6 is 0 Å². The highest BCUT2D eigenvalue weighted by atomic mass is 16.7. The molecule has 1 aromatic heterocycles. The predicted octanol–water partition coefficient (Wildman–Crippen LogP) is 0.737. The van der Waals surface area contributed by atoms with Crippen molar-refractivity contribution in [2.24, 2.45) is 0 Å². The normalized spacial score (nSPS) is 27.2. The summed E-state index contributed by atoms with van der Waals surface area (Å²) in [7, 11) is -0.439. The van der Waals surface area contributed by atoms with E-state index in [4.69, 9.17) is 9.31 Å². The van der Waals surface area contributed by atoms with Gasteiger partial charge in [-0.3, -0.25) is 0 Å². The molecule has 0 spiro atoms. The summed E-state index contributed by atoms with van der Waals surface area (Å²) in [6.07, 6.45) is 5.03. The Balaban J connectivity index is 1.72. The maximum Gasteiger partial charge on any atom is 0.498 e. The van der Waals surface area contributed by atoms with Gasteiger partial charge in [0, 0.05) is 30.9 Å². The molecule has 2 aliphatic heterocycles. The Morgan fingerprint density at radius 3 is 2.32 bits per heavy atom. The van der Waals surface area contributed by atoms with E-state index in [1.807, 2.05) is 32.6 Å². The lowest BCUT2D eigenvalue weighted by molar-refractivity contribution is 0.00578. The Hall–Kier alpha value is -1.18. The third-order valence-electron chi connectivity index (χ3n) is 4.86. The molecule has 7 heteroatoms. The van der Waals surface area contributed by atoms with Crippen LogP contribution in [0.15, 0.2) is 12.4 Å². The van der Waals surface area contributed by atoms with Gasteiger partial charge in [0.1, 0.15) is 0 Å². The quantitative estimate of drug-likeness (QED) is 0.813. The van der Waals surface area contributed by atoms with Gasteiger partial charge in [-0.2, -0.15) is 0 Å². The smallest absolute Gasteiger partial charge is 0.399 e. The van der Waals surface area contributed by atoms with Crippen molar-refractivity contribution in [1.82, 2.24) is 9.97 Å². The molecule has 0 aromatic carbocycles. The molecule has 0 aliphatic carbocycles. The zero-order chi connectivity index (χ0) is 16.0. The van der Waals surface area contributed by atoms with Crippen molar-refractivity contribution in [1.29, 1.82) is 0 Å². The monoisotopic (exact) mass is 305 g/mol. The van der Waals surface area contributed by atoms with Crippen LogP contribution in [0, 0.1) is 0 Å². The maximum absolute atomic E-state index is 9.75. The molecule has 1 unspecified atom stereocenters. The van der Waals surface area contributed by atoms with E-state index in [0.29, 0.717) is 12.5 Å². The molecule has 1 atom stereocenters. The third kappa shape index (κ3) is 2.85. The Morgan fingerprint density at radius 1 is 1.18 bits per heavy atom. The van der Waals surface area contributed by atoms with Crippen LogP contribution in [-0.4, -0.2) is 52.6 Å². The lowest BCUT2D eigenvalue weighted by Gasteiger charge is -2.32. The summed E-state index contributed by atoms with van der Waals surface area (Å²) < 4.78 is 12.0. The minimum atomic E-state index is -0.439. The van der Waals surface area contributed by atoms with Gasteiger partial charge in [-0.25, -0.2) is 9.97 Å². The zero-order valence-electron chi connectivity index (χ0n) is 13.7. The number of β-amino-alcohol motifs (C(OH)–C–C–N with tert-alkyl or cyclic N) is 1. The molecule has 3 heterocycles. The largest absolute Gasteiger partial charge is 0.498 e. The molecule has 2 saturated heterocycles. The van der Waals surface area contributed by atoms with Crippen molar-refractivity contribution < 1.29 is 14.4 Å². The zero-order valence-corrected chi connectivity index (χ0v) is 13.7. The van der Waals surface area contributed by atoms with Crippen molar-refractivity contribution in [3.05, 3.63) is 12.4 Å². The summed E-state index contributed by atoms with van der Waals surface area (Å²) in [5.74, 6) is 0.652. The maximum atomic E-state index is 9.75. The number of hydrogen-bond donors (Lipinski definition) is 1. The van der Waals surface area contributed by atoms with Crippen molar-refractivity contribution in [2.75, 3.05) is 18.0 Å². The number of aliphatic hydroxyl groups excluding tert-OH is 1. The second-order valence-corrected chi connectivity index (χ2v) is 7.15. The van der Waals surface area contributed by atoms with Gasteiger partial charge < -0.3 is 19.3 Å². The molecule has 0 bridgehead atoms. The Morgan fingerprint density at radius 2 is 1.77 bits per heavy atom. The van der Waals surface area contributed by atoms with Crippen LogP contribution in [0.1, 0.15) is 40.5 Å². The number of aliphatic hydroxyl groups is 1. The molecule has 1 aromatic rings. The summed E-state index contributed by atoms with van der Waals surface area (Å²) in [5, 5.41) is 9.75. The van der Waals surface area contributed by atoms with Crippen LogP contribution in [0.25, 0.3) is 0 Å². The number of rotatable bonds is 2. The number of hydrogen-bond acceptors (Lipinski definition) is 6. The standard InChI is InChI=1S/C15H24BN3O3/c1-14(2)15(3,4)22-16(21-14)11-8-17-13(18-9-11)19-7-5-6-12(20)10-19/h8-9,12,20H,5-7,10H2,1-4H3. The van der Waals surface area contributed by atoms with E-state index in [1.54, 1.807) is 12.4 Å². The second kappa shape index (κ2) is 5.47. The molecule has 0 amide bonds. The first kappa shape index (κ1) is 15.7. The molecule has 1 N–H and O–H groups in total. The number of piperidine rings is 1. The molecule has 0 radical (unpaired) electrons. The Bertz CT molecular complexity index is 519. The van der Waals surface area contributed by atoms with E-state index >= 15 is 0 Å². The van der Waals surface area contributed by atoms with Gasteiger partial charge >= 0.3 is 7.12 Å². The first-order valence-corrected chi connectivity index (χ1v) is 7.89. The fourth-order valence-electron chi connectivity index (χ4n) is 2.73. The highest BCUT2D eigenvalue weighted by Gasteiger charge is 2.51. The second-order valence-electron chi connectivity index (χ2n) is 7.15. The Kier molecular flexibility index (Phi) is 3.91. The minimum absolute atomic E-state index is 0.292. The lowest BCUT2D eigenvalue weighted by atomic mass is 9.81. The van der Waals surface area contributed by atoms with Gasteiger partial charge in [0.2, 0.25) is 5.95 Å². The van der Waals surface area contributed by atoms with E-state index in [-0.39, 0.29) is 17.3 Å². The van der Waals surface area contributed by atoms with Crippen LogP contribution in [0.3, 0.4) is 0 Å². The molecule has 22 heavy (non-hydrogen) atoms. The summed E-state index contributed by atoms with van der Waals surface area (Å²) in [5.41, 5.74) is 0.0839. The highest BCUT2D eigenvalue weighted by Crippen LogP contribution is 2.36. The van der Waals surface area contributed by atoms with E-state index in [0.717, 1.165) is 24.8 Å². The van der Waals surface area contributed by atoms with Gasteiger partial charge in [-0.1, -0.05) is 0 Å². The highest BCUT2D eigenvalue weighted by molar-refractivity contribution is 6.61. The SMILES string of the molecule is CC1(C)OB(c2cnc(N3CCCC(O)C3)nc2)OC1(C)C. The van der Waals surface area contributed by atoms with Crippen molar-refractivity contribution in [3.8, 4) is 0 Å². The minimum Gasteiger partial charge on any atom is -0.399 e. The molecule has 0 saturated carbocycles. The average Bonchev–Trinajstić information content (AvgIpc) is 2.68. The van der Waals surface area contributed by atoms with Crippen molar-refractivity contribution >= 4 is 18.5 Å². The molecule has 2 fully saturated rings. The Labute approximate surface area is 132 Å². The van der Waals surface area contributed by atoms with Gasteiger partial charge in [0.15, 0.2) is 0 Å². The summed E-state index contributed by atoms with van der Waals surface area (Å²) in [6.45, 7) is 9.58. The van der Waals surface area contributed by atoms with Gasteiger partial charge in [-0.15, -0.1) is 0 Å². The van der Waals surface area contributed by atoms with Crippen LogP contribution in [0.4, 0.5) is 5.95 Å². The van der Waals surface area contributed by atoms with Gasteiger partial charge in [-0.05, 0) is 40.5 Å². The van der Waals surface area contributed by atoms with E-state index in [2.05, 4.69) is 9.97 Å². The average molecular weight is 305 g/mol. The first-order valence-electron chi connectivity index (χ1n) is 7.89. The van der Waals surface area contributed by atoms with Crippen LogP contribution in [-0.2, 0) is 9.31 Å². The number of aromatic nitrogens is 2. The van der Waals surface area contributed by atoms with Gasteiger partial charge in [0.05, 0.1) is 17.3 Å². The summed E-state index contributed by atoms with van der Waals surface area (Å²) in [4.78, 5) is 10.9. The fourth-order valence-corrected chi connectivity index (χ4v) is 2.73. The lowest BCUT2D eigenvalue weighted by Crippen LogP contribution is -2.41. The van der Waals surface area contributed by atoms with E-state index in [1.165, 1.54) is 0 Å². The van der Waals surface area contributed by atoms with E-state index < -0.39 is 7.12 Å². The van der Waals surface area contributed by atoms with Crippen LogP contribution < -0.4 is 10.4 Å². The topological polar surface area (TPSA) is 67.7 Å². The summed E-state index contributed by atoms with van der Waals surface area (Å²) >= 11 is 0. The van der Waals surface area contributed by atoms with E-state index in [9.17, 15) is 5.11 Å². The molecule has 6 nitrogen and oxygen atoms in total. The molecule has 120 valence electrons. The molecular weight excluding hydrogens is 281 g/mol. The van der Waals surface area contributed by atoms with Crippen LogP contribution in [0.2, 0.25) is 0 Å². The first-order chi connectivity index (χ1) is 10.3.